The highest BCUT2D eigenvalue weighted by Gasteiger charge is 2.16. The Kier molecular flexibility index (Phi) is 5.82. The van der Waals surface area contributed by atoms with Crippen molar-refractivity contribution in [3.63, 3.8) is 0 Å². The van der Waals surface area contributed by atoms with Crippen LogP contribution in [0.15, 0.2) is 0 Å². The van der Waals surface area contributed by atoms with E-state index in [0.29, 0.717) is 5.92 Å². The predicted molar refractivity (Wildman–Crippen MR) is 67.2 cm³/mol. The van der Waals surface area contributed by atoms with Gasteiger partial charge in [-0.1, -0.05) is 6.92 Å². The van der Waals surface area contributed by atoms with Crippen molar-refractivity contribution in [3.8, 4) is 0 Å². The van der Waals surface area contributed by atoms with Crippen molar-refractivity contribution < 1.29 is 4.74 Å². The minimum atomic E-state index is -0.0187. The van der Waals surface area contributed by atoms with E-state index in [1.165, 1.54) is 6.42 Å². The van der Waals surface area contributed by atoms with E-state index < -0.39 is 0 Å². The lowest BCUT2D eigenvalue weighted by atomic mass is 10.0. The van der Waals surface area contributed by atoms with Crippen LogP contribution in [0.3, 0.4) is 0 Å². The second-order valence-corrected chi connectivity index (χ2v) is 6.33. The van der Waals surface area contributed by atoms with Crippen LogP contribution in [0, 0.1) is 5.92 Å². The van der Waals surface area contributed by atoms with E-state index in [-0.39, 0.29) is 11.1 Å². The molecular weight excluding hydrogens is 186 g/mol. The summed E-state index contributed by atoms with van der Waals surface area (Å²) in [6, 6.07) is 0. The highest BCUT2D eigenvalue weighted by molar-refractivity contribution is 4.73. The zero-order chi connectivity index (χ0) is 12.1. The molecule has 0 spiro atoms. The summed E-state index contributed by atoms with van der Waals surface area (Å²) in [6.45, 7) is 17.0. The third kappa shape index (κ3) is 10.2. The van der Waals surface area contributed by atoms with Crippen molar-refractivity contribution in [2.45, 2.75) is 66.0 Å². The number of hydrogen-bond donors (Lipinski definition) is 1. The van der Waals surface area contributed by atoms with Crippen LogP contribution in [-0.2, 0) is 4.74 Å². The summed E-state index contributed by atoms with van der Waals surface area (Å²) in [4.78, 5) is 0. The van der Waals surface area contributed by atoms with Gasteiger partial charge in [-0.3, -0.25) is 0 Å². The lowest BCUT2D eigenvalue weighted by Gasteiger charge is -2.27. The average molecular weight is 215 g/mol. The van der Waals surface area contributed by atoms with Crippen LogP contribution in [0.4, 0.5) is 0 Å². The van der Waals surface area contributed by atoms with Crippen LogP contribution in [0.2, 0.25) is 0 Å². The van der Waals surface area contributed by atoms with Crippen molar-refractivity contribution in [2.75, 3.05) is 13.2 Å². The van der Waals surface area contributed by atoms with Gasteiger partial charge in [0.2, 0.25) is 0 Å². The molecule has 0 amide bonds. The zero-order valence-electron chi connectivity index (χ0n) is 11.6. The summed E-state index contributed by atoms with van der Waals surface area (Å²) in [5.74, 6) is 0.614. The monoisotopic (exact) mass is 215 g/mol. The molecule has 0 fully saturated rings. The van der Waals surface area contributed by atoms with E-state index in [0.717, 1.165) is 13.2 Å². The van der Waals surface area contributed by atoms with E-state index in [1.54, 1.807) is 0 Å². The first-order valence-corrected chi connectivity index (χ1v) is 6.03. The zero-order valence-corrected chi connectivity index (χ0v) is 11.6. The molecule has 0 aliphatic rings. The molecule has 0 radical (unpaired) electrons. The molecule has 0 aliphatic heterocycles. The first kappa shape index (κ1) is 14.9. The van der Waals surface area contributed by atoms with Gasteiger partial charge in [-0.25, -0.2) is 0 Å². The van der Waals surface area contributed by atoms with Crippen molar-refractivity contribution in [2.24, 2.45) is 5.92 Å². The van der Waals surface area contributed by atoms with Crippen molar-refractivity contribution >= 4 is 0 Å². The molecule has 0 bridgehead atoms. The molecule has 0 saturated carbocycles. The van der Waals surface area contributed by atoms with Crippen LogP contribution < -0.4 is 5.32 Å². The second-order valence-electron chi connectivity index (χ2n) is 6.33. The maximum absolute atomic E-state index is 5.81. The van der Waals surface area contributed by atoms with Crippen LogP contribution in [0.25, 0.3) is 0 Å². The SMILES string of the molecule is CCC(CNC(C)(C)C)COC(C)(C)C. The first-order chi connectivity index (χ1) is 6.64. The maximum Gasteiger partial charge on any atom is 0.0598 e. The van der Waals surface area contributed by atoms with Gasteiger partial charge in [0.15, 0.2) is 0 Å². The maximum atomic E-state index is 5.81. The Balaban J connectivity index is 3.84. The predicted octanol–water partition coefficient (Wildman–Crippen LogP) is 3.22. The fourth-order valence-electron chi connectivity index (χ4n) is 1.14. The third-order valence-electron chi connectivity index (χ3n) is 2.25. The normalized spacial score (nSPS) is 15.4. The van der Waals surface area contributed by atoms with Gasteiger partial charge in [-0.05, 0) is 53.9 Å². The van der Waals surface area contributed by atoms with E-state index in [9.17, 15) is 0 Å². The van der Waals surface area contributed by atoms with Crippen LogP contribution in [0.5, 0.6) is 0 Å². The standard InChI is InChI=1S/C13H29NO/c1-8-11(9-14-12(2,3)4)10-15-13(5,6)7/h11,14H,8-10H2,1-7H3. The molecule has 0 aromatic rings. The molecule has 1 atom stereocenters. The molecule has 0 heterocycles. The van der Waals surface area contributed by atoms with Gasteiger partial charge < -0.3 is 10.1 Å². The van der Waals surface area contributed by atoms with E-state index >= 15 is 0 Å². The third-order valence-corrected chi connectivity index (χ3v) is 2.25. The van der Waals surface area contributed by atoms with E-state index in [1.807, 2.05) is 0 Å². The first-order valence-electron chi connectivity index (χ1n) is 6.03. The van der Waals surface area contributed by atoms with Crippen molar-refractivity contribution in [3.05, 3.63) is 0 Å². The fraction of sp³-hybridized carbons (Fsp3) is 1.00. The Hall–Kier alpha value is -0.0800. The van der Waals surface area contributed by atoms with Crippen LogP contribution >= 0.6 is 0 Å². The molecule has 2 nitrogen and oxygen atoms in total. The molecule has 15 heavy (non-hydrogen) atoms. The summed E-state index contributed by atoms with van der Waals surface area (Å²) in [5, 5.41) is 3.53. The number of rotatable bonds is 5. The quantitative estimate of drug-likeness (QED) is 0.760. The Morgan fingerprint density at radius 1 is 1.07 bits per heavy atom. The Bertz CT molecular complexity index is 146. The van der Waals surface area contributed by atoms with Gasteiger partial charge in [0, 0.05) is 12.1 Å². The lowest BCUT2D eigenvalue weighted by Crippen LogP contribution is -2.40. The molecule has 1 unspecified atom stereocenters. The van der Waals surface area contributed by atoms with Crippen LogP contribution in [0.1, 0.15) is 54.9 Å². The summed E-state index contributed by atoms with van der Waals surface area (Å²) in [5.41, 5.74) is 0.185. The lowest BCUT2D eigenvalue weighted by molar-refractivity contribution is -0.0232. The average Bonchev–Trinajstić information content (AvgIpc) is 2.00. The van der Waals surface area contributed by atoms with Gasteiger partial charge in [0.1, 0.15) is 0 Å². The smallest absolute Gasteiger partial charge is 0.0598 e. The molecule has 0 aliphatic carbocycles. The minimum absolute atomic E-state index is 0.0187. The molecular formula is C13H29NO. The van der Waals surface area contributed by atoms with Crippen molar-refractivity contribution in [1.29, 1.82) is 0 Å². The number of hydrogen-bond acceptors (Lipinski definition) is 2. The molecule has 1 N–H and O–H groups in total. The number of ether oxygens (including phenoxy) is 1. The Labute approximate surface area is 95.8 Å². The van der Waals surface area contributed by atoms with Gasteiger partial charge in [0.25, 0.3) is 0 Å². The molecule has 2 heteroatoms. The molecule has 0 saturated heterocycles. The molecule has 92 valence electrons. The molecule has 0 aromatic heterocycles. The highest BCUT2D eigenvalue weighted by atomic mass is 16.5. The topological polar surface area (TPSA) is 21.3 Å². The summed E-state index contributed by atoms with van der Waals surface area (Å²) < 4.78 is 5.81. The molecule has 0 rings (SSSR count). The fourth-order valence-corrected chi connectivity index (χ4v) is 1.14. The largest absolute Gasteiger partial charge is 0.376 e. The highest BCUT2D eigenvalue weighted by Crippen LogP contribution is 2.12. The van der Waals surface area contributed by atoms with Gasteiger partial charge >= 0.3 is 0 Å². The minimum Gasteiger partial charge on any atom is -0.376 e. The van der Waals surface area contributed by atoms with Crippen LogP contribution in [-0.4, -0.2) is 24.3 Å². The van der Waals surface area contributed by atoms with E-state index in [4.69, 9.17) is 4.74 Å². The van der Waals surface area contributed by atoms with Crippen molar-refractivity contribution in [1.82, 2.24) is 5.32 Å². The second kappa shape index (κ2) is 5.86. The van der Waals surface area contributed by atoms with Gasteiger partial charge in [-0.15, -0.1) is 0 Å². The Morgan fingerprint density at radius 3 is 1.93 bits per heavy atom. The van der Waals surface area contributed by atoms with Gasteiger partial charge in [0.05, 0.1) is 12.2 Å². The summed E-state index contributed by atoms with van der Waals surface area (Å²) in [7, 11) is 0. The Morgan fingerprint density at radius 2 is 1.60 bits per heavy atom. The molecule has 0 aromatic carbocycles. The van der Waals surface area contributed by atoms with Gasteiger partial charge in [-0.2, -0.15) is 0 Å². The van der Waals surface area contributed by atoms with E-state index in [2.05, 4.69) is 53.8 Å². The summed E-state index contributed by atoms with van der Waals surface area (Å²) >= 11 is 0. The summed E-state index contributed by atoms with van der Waals surface area (Å²) in [6.07, 6.45) is 1.17. The number of nitrogens with one attached hydrogen (secondary N) is 1.